The van der Waals surface area contributed by atoms with Gasteiger partial charge in [-0.3, -0.25) is 20.3 Å². The van der Waals surface area contributed by atoms with Crippen LogP contribution < -0.4 is 14.9 Å². The van der Waals surface area contributed by atoms with E-state index in [-0.39, 0.29) is 27.8 Å². The first kappa shape index (κ1) is 22.4. The highest BCUT2D eigenvalue weighted by molar-refractivity contribution is 7.92. The molecule has 0 amide bonds. The van der Waals surface area contributed by atoms with Crippen molar-refractivity contribution >= 4 is 33.3 Å². The second kappa shape index (κ2) is 9.22. The van der Waals surface area contributed by atoms with Crippen molar-refractivity contribution in [1.29, 1.82) is 0 Å². The standard InChI is InChI=1S/C20H18N4O7S/c1-31-15-5-3-14(4-6-15)23-32(29,30)16-7-8-17(18(11-16)24(27)28)22-21-12-13-2-9-19(25)20(26)10-13/h2-12,22-23,25-26H,1H3/b21-12+. The van der Waals surface area contributed by atoms with Gasteiger partial charge in [-0.05, 0) is 60.2 Å². The number of rotatable bonds is 8. The van der Waals surface area contributed by atoms with Crippen molar-refractivity contribution in [3.63, 3.8) is 0 Å². The quantitative estimate of drug-likeness (QED) is 0.173. The molecule has 0 spiro atoms. The summed E-state index contributed by atoms with van der Waals surface area (Å²) in [5, 5.41) is 34.1. The summed E-state index contributed by atoms with van der Waals surface area (Å²) in [6, 6.07) is 13.4. The molecule has 11 nitrogen and oxygen atoms in total. The molecule has 32 heavy (non-hydrogen) atoms. The molecule has 4 N–H and O–H groups in total. The summed E-state index contributed by atoms with van der Waals surface area (Å²) in [5.74, 6) is -0.105. The molecule has 0 heterocycles. The summed E-state index contributed by atoms with van der Waals surface area (Å²) in [7, 11) is -2.61. The minimum atomic E-state index is -4.09. The van der Waals surface area contributed by atoms with Gasteiger partial charge in [0.2, 0.25) is 0 Å². The number of phenolic OH excluding ortho intramolecular Hbond substituents is 2. The zero-order chi connectivity index (χ0) is 23.3. The van der Waals surface area contributed by atoms with E-state index in [1.807, 2.05) is 0 Å². The number of nitrogens with one attached hydrogen (secondary N) is 2. The van der Waals surface area contributed by atoms with Crippen molar-refractivity contribution in [2.45, 2.75) is 4.90 Å². The van der Waals surface area contributed by atoms with E-state index >= 15 is 0 Å². The lowest BCUT2D eigenvalue weighted by Crippen LogP contribution is -2.13. The Hall–Kier alpha value is -4.32. The Kier molecular flexibility index (Phi) is 6.45. The number of nitro benzene ring substituents is 1. The number of phenols is 2. The van der Waals surface area contributed by atoms with E-state index in [1.165, 1.54) is 55.8 Å². The molecule has 3 aromatic rings. The first-order valence-electron chi connectivity index (χ1n) is 8.96. The van der Waals surface area contributed by atoms with Crippen LogP contribution in [0.5, 0.6) is 17.2 Å². The van der Waals surface area contributed by atoms with E-state index in [2.05, 4.69) is 15.2 Å². The summed E-state index contributed by atoms with van der Waals surface area (Å²) in [6.45, 7) is 0. The van der Waals surface area contributed by atoms with Crippen LogP contribution >= 0.6 is 0 Å². The van der Waals surface area contributed by atoms with E-state index in [0.29, 0.717) is 11.3 Å². The minimum absolute atomic E-state index is 0.0438. The maximum atomic E-state index is 12.6. The molecule has 0 saturated heterocycles. The van der Waals surface area contributed by atoms with Gasteiger partial charge in [-0.15, -0.1) is 0 Å². The molecule has 0 unspecified atom stereocenters. The summed E-state index contributed by atoms with van der Waals surface area (Å²) in [5.41, 5.74) is 2.60. The van der Waals surface area contributed by atoms with Gasteiger partial charge < -0.3 is 14.9 Å². The summed E-state index contributed by atoms with van der Waals surface area (Å²) in [6.07, 6.45) is 1.26. The number of anilines is 2. The van der Waals surface area contributed by atoms with Crippen LogP contribution in [-0.2, 0) is 10.0 Å². The maximum absolute atomic E-state index is 12.6. The SMILES string of the molecule is COc1ccc(NS(=O)(=O)c2ccc(N/N=C/c3ccc(O)c(O)c3)c([N+](=O)[O-])c2)cc1. The Morgan fingerprint density at radius 1 is 1.03 bits per heavy atom. The number of benzene rings is 3. The average Bonchev–Trinajstić information content (AvgIpc) is 2.76. The van der Waals surface area contributed by atoms with Crippen molar-refractivity contribution in [3.8, 4) is 17.2 Å². The molecule has 0 aliphatic rings. The van der Waals surface area contributed by atoms with Gasteiger partial charge in [0.15, 0.2) is 11.5 Å². The first-order chi connectivity index (χ1) is 15.2. The number of nitrogens with zero attached hydrogens (tertiary/aromatic N) is 2. The Labute approximate surface area is 182 Å². The molecule has 0 radical (unpaired) electrons. The van der Waals surface area contributed by atoms with Gasteiger partial charge in [0.1, 0.15) is 11.4 Å². The number of methoxy groups -OCH3 is 1. The predicted molar refractivity (Wildman–Crippen MR) is 118 cm³/mol. The third kappa shape index (κ3) is 5.23. The fraction of sp³-hybridized carbons (Fsp3) is 0.0500. The van der Waals surface area contributed by atoms with Crippen LogP contribution in [0.4, 0.5) is 17.1 Å². The fourth-order valence-corrected chi connectivity index (χ4v) is 3.67. The molecule has 3 aromatic carbocycles. The number of sulfonamides is 1. The van der Waals surface area contributed by atoms with Crippen molar-refractivity contribution < 1.29 is 28.3 Å². The van der Waals surface area contributed by atoms with E-state index in [4.69, 9.17) is 4.74 Å². The van der Waals surface area contributed by atoms with Crippen LogP contribution in [0.25, 0.3) is 0 Å². The largest absolute Gasteiger partial charge is 0.504 e. The number of hydrazone groups is 1. The number of hydrogen-bond acceptors (Lipinski definition) is 9. The normalized spacial score (nSPS) is 11.3. The third-order valence-electron chi connectivity index (χ3n) is 4.22. The Balaban J connectivity index is 1.82. The lowest BCUT2D eigenvalue weighted by molar-refractivity contribution is -0.384. The lowest BCUT2D eigenvalue weighted by atomic mass is 10.2. The summed E-state index contributed by atoms with van der Waals surface area (Å²) < 4.78 is 32.6. The Morgan fingerprint density at radius 3 is 2.38 bits per heavy atom. The van der Waals surface area contributed by atoms with Crippen LogP contribution in [-0.4, -0.2) is 36.9 Å². The smallest absolute Gasteiger partial charge is 0.295 e. The fourth-order valence-electron chi connectivity index (χ4n) is 2.59. The summed E-state index contributed by atoms with van der Waals surface area (Å²) >= 11 is 0. The van der Waals surface area contributed by atoms with Gasteiger partial charge in [-0.2, -0.15) is 5.10 Å². The Morgan fingerprint density at radius 2 is 1.75 bits per heavy atom. The van der Waals surface area contributed by atoms with E-state index in [0.717, 1.165) is 6.07 Å². The number of hydrogen-bond donors (Lipinski definition) is 4. The van der Waals surface area contributed by atoms with Crippen LogP contribution in [0.2, 0.25) is 0 Å². The highest BCUT2D eigenvalue weighted by atomic mass is 32.2. The molecule has 166 valence electrons. The van der Waals surface area contributed by atoms with Crippen LogP contribution in [0.1, 0.15) is 5.56 Å². The molecule has 0 bridgehead atoms. The zero-order valence-electron chi connectivity index (χ0n) is 16.6. The van der Waals surface area contributed by atoms with Gasteiger partial charge in [0.05, 0.1) is 23.1 Å². The Bertz CT molecular complexity index is 1280. The molecule has 0 saturated carbocycles. The molecule has 0 atom stereocenters. The van der Waals surface area contributed by atoms with Crippen molar-refractivity contribution in [2.75, 3.05) is 17.3 Å². The summed E-state index contributed by atoms with van der Waals surface area (Å²) in [4.78, 5) is 10.4. The van der Waals surface area contributed by atoms with Crippen LogP contribution in [0.15, 0.2) is 70.7 Å². The molecule has 12 heteroatoms. The monoisotopic (exact) mass is 458 g/mol. The highest BCUT2D eigenvalue weighted by Gasteiger charge is 2.21. The van der Waals surface area contributed by atoms with Gasteiger partial charge in [0.25, 0.3) is 15.7 Å². The second-order valence-corrected chi connectivity index (χ2v) is 8.07. The van der Waals surface area contributed by atoms with Gasteiger partial charge >= 0.3 is 0 Å². The number of ether oxygens (including phenoxy) is 1. The molecule has 0 aliphatic heterocycles. The zero-order valence-corrected chi connectivity index (χ0v) is 17.4. The van der Waals surface area contributed by atoms with Crippen LogP contribution in [0, 0.1) is 10.1 Å². The molecular formula is C20H18N4O7S. The maximum Gasteiger partial charge on any atom is 0.295 e. The molecular weight excluding hydrogens is 440 g/mol. The van der Waals surface area contributed by atoms with Crippen molar-refractivity contribution in [3.05, 3.63) is 76.3 Å². The highest BCUT2D eigenvalue weighted by Crippen LogP contribution is 2.29. The molecule has 3 rings (SSSR count). The van der Waals surface area contributed by atoms with E-state index in [1.54, 1.807) is 12.1 Å². The second-order valence-electron chi connectivity index (χ2n) is 6.39. The van der Waals surface area contributed by atoms with Gasteiger partial charge in [0, 0.05) is 11.8 Å². The predicted octanol–water partition coefficient (Wildman–Crippen LogP) is 3.26. The average molecular weight is 458 g/mol. The van der Waals surface area contributed by atoms with Gasteiger partial charge in [-0.1, -0.05) is 0 Å². The van der Waals surface area contributed by atoms with Crippen LogP contribution in [0.3, 0.4) is 0 Å². The lowest BCUT2D eigenvalue weighted by Gasteiger charge is -2.10. The third-order valence-corrected chi connectivity index (χ3v) is 5.60. The number of aromatic hydroxyl groups is 2. The van der Waals surface area contributed by atoms with Gasteiger partial charge in [-0.25, -0.2) is 8.42 Å². The molecule has 0 aliphatic carbocycles. The van der Waals surface area contributed by atoms with Crippen molar-refractivity contribution in [2.24, 2.45) is 5.10 Å². The first-order valence-corrected chi connectivity index (χ1v) is 10.4. The minimum Gasteiger partial charge on any atom is -0.504 e. The molecule has 0 fully saturated rings. The molecule has 0 aromatic heterocycles. The van der Waals surface area contributed by atoms with Crippen molar-refractivity contribution in [1.82, 2.24) is 0 Å². The topological polar surface area (TPSA) is 163 Å². The van der Waals surface area contributed by atoms with E-state index in [9.17, 15) is 28.7 Å². The van der Waals surface area contributed by atoms with E-state index < -0.39 is 20.6 Å². The number of nitro groups is 1.